The Kier molecular flexibility index (Phi) is 7.80. The summed E-state index contributed by atoms with van der Waals surface area (Å²) in [5.41, 5.74) is 8.43. The summed E-state index contributed by atoms with van der Waals surface area (Å²) in [5, 5.41) is 3.27. The number of pyridine rings is 1. The maximum Gasteiger partial charge on any atom is 0.188 e. The molecular formula is C17H30N4. The van der Waals surface area contributed by atoms with E-state index in [1.54, 1.807) is 0 Å². The van der Waals surface area contributed by atoms with Crippen LogP contribution in [0.25, 0.3) is 0 Å². The monoisotopic (exact) mass is 290 g/mol. The summed E-state index contributed by atoms with van der Waals surface area (Å²) in [4.78, 5) is 8.50. The van der Waals surface area contributed by atoms with Crippen molar-refractivity contribution in [2.24, 2.45) is 16.6 Å². The van der Waals surface area contributed by atoms with Crippen LogP contribution >= 0.6 is 0 Å². The summed E-state index contributed by atoms with van der Waals surface area (Å²) in [5.74, 6) is 1.32. The van der Waals surface area contributed by atoms with Crippen molar-refractivity contribution in [1.82, 2.24) is 10.3 Å². The van der Waals surface area contributed by atoms with Crippen LogP contribution in [0.5, 0.6) is 0 Å². The molecular weight excluding hydrogens is 260 g/mol. The third-order valence-corrected chi connectivity index (χ3v) is 3.61. The highest BCUT2D eigenvalue weighted by Crippen LogP contribution is 2.08. The highest BCUT2D eigenvalue weighted by atomic mass is 15.1. The molecule has 0 saturated carbocycles. The van der Waals surface area contributed by atoms with Crippen LogP contribution in [-0.4, -0.2) is 23.5 Å². The van der Waals surface area contributed by atoms with E-state index in [0.29, 0.717) is 18.5 Å². The molecule has 21 heavy (non-hydrogen) atoms. The molecule has 1 heterocycles. The smallest absolute Gasteiger partial charge is 0.188 e. The Hall–Kier alpha value is -1.58. The topological polar surface area (TPSA) is 63.3 Å². The second kappa shape index (κ2) is 9.37. The maximum absolute atomic E-state index is 5.93. The number of nitrogens with one attached hydrogen (secondary N) is 1. The van der Waals surface area contributed by atoms with E-state index in [1.165, 1.54) is 24.0 Å². The first-order valence-corrected chi connectivity index (χ1v) is 7.95. The van der Waals surface area contributed by atoms with Crippen molar-refractivity contribution in [3.63, 3.8) is 0 Å². The average molecular weight is 290 g/mol. The van der Waals surface area contributed by atoms with Crippen molar-refractivity contribution in [3.8, 4) is 0 Å². The van der Waals surface area contributed by atoms with Gasteiger partial charge in [-0.1, -0.05) is 26.7 Å². The van der Waals surface area contributed by atoms with E-state index in [0.717, 1.165) is 18.8 Å². The van der Waals surface area contributed by atoms with Gasteiger partial charge in [-0.15, -0.1) is 0 Å². The van der Waals surface area contributed by atoms with E-state index in [1.807, 2.05) is 18.5 Å². The van der Waals surface area contributed by atoms with Gasteiger partial charge in [0.25, 0.3) is 0 Å². The van der Waals surface area contributed by atoms with Crippen LogP contribution in [0.15, 0.2) is 23.5 Å². The van der Waals surface area contributed by atoms with Gasteiger partial charge in [0.15, 0.2) is 5.96 Å². The molecule has 0 fully saturated rings. The lowest BCUT2D eigenvalue weighted by Crippen LogP contribution is -2.38. The molecule has 0 amide bonds. The molecule has 1 unspecified atom stereocenters. The fraction of sp³-hybridized carbons (Fsp3) is 0.647. The minimum Gasteiger partial charge on any atom is -0.370 e. The van der Waals surface area contributed by atoms with Gasteiger partial charge in [-0.05, 0) is 49.8 Å². The van der Waals surface area contributed by atoms with Crippen LogP contribution in [0.2, 0.25) is 0 Å². The minimum atomic E-state index is 0.384. The van der Waals surface area contributed by atoms with Crippen molar-refractivity contribution in [1.29, 1.82) is 0 Å². The van der Waals surface area contributed by atoms with Gasteiger partial charge in [0.05, 0.1) is 0 Å². The second-order valence-corrected chi connectivity index (χ2v) is 6.19. The van der Waals surface area contributed by atoms with Crippen molar-refractivity contribution < 1.29 is 0 Å². The average Bonchev–Trinajstić information content (AvgIpc) is 2.40. The zero-order chi connectivity index (χ0) is 15.7. The van der Waals surface area contributed by atoms with Crippen LogP contribution < -0.4 is 11.1 Å². The summed E-state index contributed by atoms with van der Waals surface area (Å²) in [6, 6.07) is 2.43. The van der Waals surface area contributed by atoms with Crippen LogP contribution in [0, 0.1) is 12.8 Å². The van der Waals surface area contributed by atoms with E-state index in [9.17, 15) is 0 Å². The molecule has 0 aliphatic carbocycles. The fourth-order valence-corrected chi connectivity index (χ4v) is 2.28. The molecule has 4 nitrogen and oxygen atoms in total. The van der Waals surface area contributed by atoms with Crippen molar-refractivity contribution in [3.05, 3.63) is 29.6 Å². The van der Waals surface area contributed by atoms with Crippen LogP contribution in [0.4, 0.5) is 0 Å². The molecule has 1 atom stereocenters. The van der Waals surface area contributed by atoms with Gasteiger partial charge in [0, 0.05) is 25.0 Å². The number of hydrogen-bond donors (Lipinski definition) is 2. The van der Waals surface area contributed by atoms with E-state index >= 15 is 0 Å². The molecule has 0 radical (unpaired) electrons. The summed E-state index contributed by atoms with van der Waals surface area (Å²) < 4.78 is 0. The number of hydrogen-bond acceptors (Lipinski definition) is 2. The first-order chi connectivity index (χ1) is 9.99. The van der Waals surface area contributed by atoms with Crippen molar-refractivity contribution in [2.75, 3.05) is 6.54 Å². The summed E-state index contributed by atoms with van der Waals surface area (Å²) in [6.45, 7) is 9.46. The standard InChI is InChI=1S/C17H30N4/c1-13(2)6-5-7-15(4)21-17(18)20-11-9-16-8-10-19-12-14(16)3/h8,10,12-13,15H,5-7,9,11H2,1-4H3,(H3,18,20,21). The number of aromatic nitrogens is 1. The predicted molar refractivity (Wildman–Crippen MR) is 90.5 cm³/mol. The van der Waals surface area contributed by atoms with Gasteiger partial charge in [0.1, 0.15) is 0 Å². The first-order valence-electron chi connectivity index (χ1n) is 7.95. The number of nitrogens with zero attached hydrogens (tertiary/aromatic N) is 2. The number of rotatable bonds is 8. The van der Waals surface area contributed by atoms with Gasteiger partial charge in [-0.2, -0.15) is 0 Å². The highest BCUT2D eigenvalue weighted by molar-refractivity contribution is 5.78. The third kappa shape index (κ3) is 7.69. The van der Waals surface area contributed by atoms with E-state index in [4.69, 9.17) is 5.73 Å². The largest absolute Gasteiger partial charge is 0.370 e. The highest BCUT2D eigenvalue weighted by Gasteiger charge is 2.04. The number of aliphatic imine (C=N–C) groups is 1. The molecule has 0 aliphatic heterocycles. The Bertz CT molecular complexity index is 440. The van der Waals surface area contributed by atoms with Gasteiger partial charge < -0.3 is 11.1 Å². The lowest BCUT2D eigenvalue weighted by atomic mass is 10.0. The second-order valence-electron chi connectivity index (χ2n) is 6.19. The molecule has 1 aromatic rings. The molecule has 1 rings (SSSR count). The van der Waals surface area contributed by atoms with Gasteiger partial charge >= 0.3 is 0 Å². The lowest BCUT2D eigenvalue weighted by molar-refractivity contribution is 0.493. The zero-order valence-corrected chi connectivity index (χ0v) is 13.9. The van der Waals surface area contributed by atoms with Gasteiger partial charge in [-0.25, -0.2) is 0 Å². The Morgan fingerprint density at radius 1 is 1.33 bits per heavy atom. The fourth-order valence-electron chi connectivity index (χ4n) is 2.28. The predicted octanol–water partition coefficient (Wildman–Crippen LogP) is 3.05. The summed E-state index contributed by atoms with van der Waals surface area (Å²) >= 11 is 0. The Balaban J connectivity index is 2.28. The van der Waals surface area contributed by atoms with E-state index in [-0.39, 0.29) is 0 Å². The SMILES string of the molecule is Cc1cnccc1CCN=C(N)NC(C)CCCC(C)C. The molecule has 3 N–H and O–H groups in total. The number of guanidine groups is 1. The van der Waals surface area contributed by atoms with Crippen LogP contribution in [0.3, 0.4) is 0 Å². The van der Waals surface area contributed by atoms with E-state index < -0.39 is 0 Å². The Labute approximate surface area is 129 Å². The molecule has 0 aliphatic rings. The minimum absolute atomic E-state index is 0.384. The number of aryl methyl sites for hydroxylation is 1. The molecule has 0 aromatic carbocycles. The maximum atomic E-state index is 5.93. The van der Waals surface area contributed by atoms with Crippen molar-refractivity contribution >= 4 is 5.96 Å². The zero-order valence-electron chi connectivity index (χ0n) is 13.9. The number of nitrogens with two attached hydrogens (primary N) is 1. The Morgan fingerprint density at radius 3 is 2.76 bits per heavy atom. The van der Waals surface area contributed by atoms with Gasteiger partial charge in [0.2, 0.25) is 0 Å². The third-order valence-electron chi connectivity index (χ3n) is 3.61. The first kappa shape index (κ1) is 17.5. The Morgan fingerprint density at radius 2 is 2.10 bits per heavy atom. The molecule has 0 saturated heterocycles. The normalized spacial score (nSPS) is 13.5. The molecule has 1 aromatic heterocycles. The molecule has 0 bridgehead atoms. The van der Waals surface area contributed by atoms with Gasteiger partial charge in [-0.3, -0.25) is 9.98 Å². The molecule has 0 spiro atoms. The summed E-state index contributed by atoms with van der Waals surface area (Å²) in [6.07, 6.45) is 8.25. The van der Waals surface area contributed by atoms with Crippen LogP contribution in [0.1, 0.15) is 51.2 Å². The lowest BCUT2D eigenvalue weighted by Gasteiger charge is -2.15. The van der Waals surface area contributed by atoms with Crippen molar-refractivity contribution in [2.45, 2.75) is 59.4 Å². The van der Waals surface area contributed by atoms with Crippen LogP contribution in [-0.2, 0) is 6.42 Å². The molecule has 118 valence electrons. The van der Waals surface area contributed by atoms with E-state index in [2.05, 4.69) is 43.0 Å². The molecule has 4 heteroatoms. The summed E-state index contributed by atoms with van der Waals surface area (Å²) in [7, 11) is 0. The quantitative estimate of drug-likeness (QED) is 0.571.